The molecule has 0 aliphatic rings. The Bertz CT molecular complexity index is 1140. The highest BCUT2D eigenvalue weighted by atomic mass is 35.5. The van der Waals surface area contributed by atoms with Crippen LogP contribution in [0.15, 0.2) is 78.9 Å². The topological polar surface area (TPSA) is 58.6 Å². The van der Waals surface area contributed by atoms with Crippen LogP contribution in [0.3, 0.4) is 0 Å². The van der Waals surface area contributed by atoms with Crippen LogP contribution in [0.5, 0.6) is 5.75 Å². The van der Waals surface area contributed by atoms with Gasteiger partial charge in [-0.3, -0.25) is 9.59 Å². The molecule has 3 rings (SSSR count). The van der Waals surface area contributed by atoms with Gasteiger partial charge in [-0.25, -0.2) is 0 Å². The summed E-state index contributed by atoms with van der Waals surface area (Å²) in [6.07, 6.45) is 0.374. The van der Waals surface area contributed by atoms with Gasteiger partial charge in [0, 0.05) is 23.5 Å². The predicted molar refractivity (Wildman–Crippen MR) is 141 cm³/mol. The van der Waals surface area contributed by atoms with Crippen LogP contribution in [0.2, 0.25) is 5.02 Å². The third-order valence-electron chi connectivity index (χ3n) is 5.46. The number of ether oxygens (including phenoxy) is 1. The Morgan fingerprint density at radius 2 is 1.60 bits per heavy atom. The Balaban J connectivity index is 1.94. The maximum atomic E-state index is 13.6. The standard InChI is InChI=1S/C29H33ClN2O3/c1-21-11-8-9-16-26(21)35-20-27(33)32(19-23-14-10-15-24(30)17-23)25(28(34)31-29(2,3)4)18-22-12-6-5-7-13-22/h5-17,25H,18-20H2,1-4H3,(H,31,34). The lowest BCUT2D eigenvalue weighted by atomic mass is 10.0. The molecule has 0 aliphatic carbocycles. The van der Waals surface area contributed by atoms with Gasteiger partial charge in [0.2, 0.25) is 5.91 Å². The van der Waals surface area contributed by atoms with E-state index in [2.05, 4.69) is 5.32 Å². The van der Waals surface area contributed by atoms with Gasteiger partial charge < -0.3 is 15.0 Å². The quantitative estimate of drug-likeness (QED) is 0.424. The van der Waals surface area contributed by atoms with Crippen molar-refractivity contribution < 1.29 is 14.3 Å². The van der Waals surface area contributed by atoms with E-state index >= 15 is 0 Å². The summed E-state index contributed by atoms with van der Waals surface area (Å²) in [6, 6.07) is 23.9. The molecule has 0 saturated heterocycles. The van der Waals surface area contributed by atoms with E-state index in [1.165, 1.54) is 0 Å². The molecular weight excluding hydrogens is 460 g/mol. The highest BCUT2D eigenvalue weighted by Gasteiger charge is 2.32. The van der Waals surface area contributed by atoms with Gasteiger partial charge in [-0.1, -0.05) is 72.3 Å². The summed E-state index contributed by atoms with van der Waals surface area (Å²) in [5.41, 5.74) is 2.29. The van der Waals surface area contributed by atoms with Crippen molar-refractivity contribution in [3.63, 3.8) is 0 Å². The SMILES string of the molecule is Cc1ccccc1OCC(=O)N(Cc1cccc(Cl)c1)C(Cc1ccccc1)C(=O)NC(C)(C)C. The van der Waals surface area contributed by atoms with Crippen molar-refractivity contribution in [2.45, 2.75) is 52.2 Å². The lowest BCUT2D eigenvalue weighted by Crippen LogP contribution is -2.55. The third-order valence-corrected chi connectivity index (χ3v) is 5.69. The number of hydrogen-bond acceptors (Lipinski definition) is 3. The summed E-state index contributed by atoms with van der Waals surface area (Å²) in [5.74, 6) is 0.146. The Labute approximate surface area is 213 Å². The number of carbonyl (C=O) groups is 2. The van der Waals surface area contributed by atoms with Crippen molar-refractivity contribution in [2.75, 3.05) is 6.61 Å². The first-order valence-corrected chi connectivity index (χ1v) is 12.1. The summed E-state index contributed by atoms with van der Waals surface area (Å²) < 4.78 is 5.87. The Kier molecular flexibility index (Phi) is 8.94. The molecule has 0 aromatic heterocycles. The lowest BCUT2D eigenvalue weighted by molar-refractivity contribution is -0.143. The largest absolute Gasteiger partial charge is 0.484 e. The van der Waals surface area contributed by atoms with Gasteiger partial charge >= 0.3 is 0 Å². The Hall–Kier alpha value is -3.31. The predicted octanol–water partition coefficient (Wildman–Crippen LogP) is 5.58. The van der Waals surface area contributed by atoms with Crippen LogP contribution in [0.4, 0.5) is 0 Å². The fraction of sp³-hybridized carbons (Fsp3) is 0.310. The minimum Gasteiger partial charge on any atom is -0.484 e. The van der Waals surface area contributed by atoms with Crippen LogP contribution in [-0.2, 0) is 22.6 Å². The smallest absolute Gasteiger partial charge is 0.261 e. The summed E-state index contributed by atoms with van der Waals surface area (Å²) in [6.45, 7) is 7.75. The number of rotatable bonds is 9. The molecule has 0 saturated carbocycles. The molecule has 3 aromatic carbocycles. The minimum absolute atomic E-state index is 0.181. The number of nitrogens with zero attached hydrogens (tertiary/aromatic N) is 1. The molecule has 0 aliphatic heterocycles. The van der Waals surface area contributed by atoms with Crippen molar-refractivity contribution in [2.24, 2.45) is 0 Å². The maximum Gasteiger partial charge on any atom is 0.261 e. The van der Waals surface area contributed by atoms with Gasteiger partial charge in [0.1, 0.15) is 11.8 Å². The molecule has 0 fully saturated rings. The second kappa shape index (κ2) is 11.9. The van der Waals surface area contributed by atoms with Gasteiger partial charge in [0.05, 0.1) is 0 Å². The van der Waals surface area contributed by atoms with Gasteiger partial charge in [0.25, 0.3) is 5.91 Å². The van der Waals surface area contributed by atoms with Gasteiger partial charge in [-0.2, -0.15) is 0 Å². The molecule has 1 N–H and O–H groups in total. The van der Waals surface area contributed by atoms with Gasteiger partial charge in [-0.15, -0.1) is 0 Å². The van der Waals surface area contributed by atoms with Crippen molar-refractivity contribution in [1.29, 1.82) is 0 Å². The molecule has 6 heteroatoms. The molecule has 2 amide bonds. The van der Waals surface area contributed by atoms with Crippen LogP contribution >= 0.6 is 11.6 Å². The lowest BCUT2D eigenvalue weighted by Gasteiger charge is -2.33. The highest BCUT2D eigenvalue weighted by molar-refractivity contribution is 6.30. The fourth-order valence-corrected chi connectivity index (χ4v) is 3.99. The van der Waals surface area contributed by atoms with Crippen molar-refractivity contribution in [3.8, 4) is 5.75 Å². The molecule has 184 valence electrons. The molecule has 1 unspecified atom stereocenters. The van der Waals surface area contributed by atoms with Crippen LogP contribution in [0.1, 0.15) is 37.5 Å². The van der Waals surface area contributed by atoms with E-state index in [1.54, 1.807) is 11.0 Å². The summed E-state index contributed by atoms with van der Waals surface area (Å²) in [7, 11) is 0. The molecule has 35 heavy (non-hydrogen) atoms. The molecule has 0 radical (unpaired) electrons. The number of para-hydroxylation sites is 1. The molecule has 5 nitrogen and oxygen atoms in total. The highest BCUT2D eigenvalue weighted by Crippen LogP contribution is 2.20. The van der Waals surface area contributed by atoms with E-state index in [1.807, 2.05) is 100 Å². The molecule has 0 spiro atoms. The average molecular weight is 493 g/mol. The van der Waals surface area contributed by atoms with Gasteiger partial charge in [0.15, 0.2) is 6.61 Å². The van der Waals surface area contributed by atoms with Crippen molar-refractivity contribution in [3.05, 3.63) is 101 Å². The summed E-state index contributed by atoms with van der Waals surface area (Å²) >= 11 is 6.22. The molecule has 0 bridgehead atoms. The van der Waals surface area contributed by atoms with E-state index in [9.17, 15) is 9.59 Å². The second-order valence-corrected chi connectivity index (χ2v) is 10.1. The van der Waals surface area contributed by atoms with E-state index in [0.717, 1.165) is 16.7 Å². The first-order valence-electron chi connectivity index (χ1n) is 11.7. The zero-order valence-corrected chi connectivity index (χ0v) is 21.5. The monoisotopic (exact) mass is 492 g/mol. The number of benzene rings is 3. The van der Waals surface area contributed by atoms with Crippen molar-refractivity contribution >= 4 is 23.4 Å². The maximum absolute atomic E-state index is 13.6. The number of aryl methyl sites for hydroxylation is 1. The average Bonchev–Trinajstić information content (AvgIpc) is 2.80. The molecule has 0 heterocycles. The number of nitrogens with one attached hydrogen (secondary N) is 1. The number of halogens is 1. The Morgan fingerprint density at radius 1 is 0.943 bits per heavy atom. The van der Waals surface area contributed by atoms with Crippen LogP contribution in [-0.4, -0.2) is 34.9 Å². The Morgan fingerprint density at radius 3 is 2.26 bits per heavy atom. The van der Waals surface area contributed by atoms with E-state index in [4.69, 9.17) is 16.3 Å². The van der Waals surface area contributed by atoms with E-state index in [0.29, 0.717) is 17.2 Å². The number of carbonyl (C=O) groups excluding carboxylic acids is 2. The summed E-state index contributed by atoms with van der Waals surface area (Å²) in [4.78, 5) is 28.7. The van der Waals surface area contributed by atoms with Crippen LogP contribution in [0.25, 0.3) is 0 Å². The summed E-state index contributed by atoms with van der Waals surface area (Å²) in [5, 5.41) is 3.63. The van der Waals surface area contributed by atoms with E-state index in [-0.39, 0.29) is 25.0 Å². The molecule has 3 aromatic rings. The zero-order chi connectivity index (χ0) is 25.4. The third kappa shape index (κ3) is 8.15. The fourth-order valence-electron chi connectivity index (χ4n) is 3.78. The molecule has 1 atom stereocenters. The normalized spacial score (nSPS) is 12.0. The second-order valence-electron chi connectivity index (χ2n) is 9.65. The zero-order valence-electron chi connectivity index (χ0n) is 20.8. The first-order chi connectivity index (χ1) is 16.6. The number of amides is 2. The van der Waals surface area contributed by atoms with E-state index < -0.39 is 11.6 Å². The first kappa shape index (κ1) is 26.3. The molecular formula is C29H33ClN2O3. The van der Waals surface area contributed by atoms with Crippen LogP contribution in [0, 0.1) is 6.92 Å². The van der Waals surface area contributed by atoms with Crippen molar-refractivity contribution in [1.82, 2.24) is 10.2 Å². The van der Waals surface area contributed by atoms with Crippen LogP contribution < -0.4 is 10.1 Å². The van der Waals surface area contributed by atoms with Gasteiger partial charge in [-0.05, 0) is 62.6 Å². The number of hydrogen-bond donors (Lipinski definition) is 1. The minimum atomic E-state index is -0.733.